The Morgan fingerprint density at radius 1 is 0.933 bits per heavy atom. The largest absolute Gasteiger partial charge is 0.494 e. The van der Waals surface area contributed by atoms with Gasteiger partial charge in [0.1, 0.15) is 6.33 Å². The SMILES string of the molecule is CC1(C)OB(c2ccc3ncn(-c4ccc(C5=CCCCC5)cc4)c3c2)OC1(C)C. The molecule has 0 unspecified atom stereocenters. The number of rotatable bonds is 3. The highest BCUT2D eigenvalue weighted by Crippen LogP contribution is 2.36. The number of nitrogens with zero attached hydrogens (tertiary/aromatic N) is 2. The van der Waals surface area contributed by atoms with Gasteiger partial charge in [-0.25, -0.2) is 4.98 Å². The zero-order valence-corrected chi connectivity index (χ0v) is 18.3. The van der Waals surface area contributed by atoms with Crippen molar-refractivity contribution in [3.8, 4) is 5.69 Å². The highest BCUT2D eigenvalue weighted by Gasteiger charge is 2.51. The Hall–Kier alpha value is -2.37. The highest BCUT2D eigenvalue weighted by molar-refractivity contribution is 6.62. The number of hydrogen-bond acceptors (Lipinski definition) is 3. The zero-order valence-electron chi connectivity index (χ0n) is 18.3. The minimum absolute atomic E-state index is 0.351. The molecule has 0 amide bonds. The fourth-order valence-corrected chi connectivity index (χ4v) is 4.29. The normalized spacial score (nSPS) is 20.5. The number of imidazole rings is 1. The molecular formula is C25H29BN2O2. The number of aromatic nitrogens is 2. The third kappa shape index (κ3) is 3.30. The summed E-state index contributed by atoms with van der Waals surface area (Å²) in [7, 11) is -0.372. The predicted molar refractivity (Wildman–Crippen MR) is 123 cm³/mol. The monoisotopic (exact) mass is 400 g/mol. The Morgan fingerprint density at radius 2 is 1.67 bits per heavy atom. The van der Waals surface area contributed by atoms with Gasteiger partial charge in [-0.3, -0.25) is 4.57 Å². The number of fused-ring (bicyclic) bond motifs is 1. The topological polar surface area (TPSA) is 36.3 Å². The van der Waals surface area contributed by atoms with Crippen LogP contribution in [-0.4, -0.2) is 27.9 Å². The summed E-state index contributed by atoms with van der Waals surface area (Å²) in [6.45, 7) is 8.33. The summed E-state index contributed by atoms with van der Waals surface area (Å²) in [5.74, 6) is 0. The molecule has 1 aliphatic heterocycles. The van der Waals surface area contributed by atoms with Crippen molar-refractivity contribution >= 4 is 29.2 Å². The molecule has 1 saturated heterocycles. The van der Waals surface area contributed by atoms with Gasteiger partial charge in [0.2, 0.25) is 0 Å². The predicted octanol–water partition coefficient (Wildman–Crippen LogP) is 5.28. The van der Waals surface area contributed by atoms with Gasteiger partial charge in [0.15, 0.2) is 0 Å². The molecule has 30 heavy (non-hydrogen) atoms. The van der Waals surface area contributed by atoms with Gasteiger partial charge >= 0.3 is 7.12 Å². The average molecular weight is 400 g/mol. The molecule has 0 radical (unpaired) electrons. The van der Waals surface area contributed by atoms with Crippen LogP contribution in [0.2, 0.25) is 0 Å². The van der Waals surface area contributed by atoms with Crippen molar-refractivity contribution in [2.24, 2.45) is 0 Å². The van der Waals surface area contributed by atoms with Crippen molar-refractivity contribution in [3.63, 3.8) is 0 Å². The van der Waals surface area contributed by atoms with Gasteiger partial charge in [-0.2, -0.15) is 0 Å². The molecule has 154 valence electrons. The first kappa shape index (κ1) is 19.6. The first-order valence-electron chi connectivity index (χ1n) is 11.0. The maximum absolute atomic E-state index is 6.25. The molecule has 1 aromatic heterocycles. The minimum atomic E-state index is -0.372. The number of allylic oxidation sites excluding steroid dienone is 2. The zero-order chi connectivity index (χ0) is 20.9. The van der Waals surface area contributed by atoms with Gasteiger partial charge < -0.3 is 9.31 Å². The van der Waals surface area contributed by atoms with Crippen LogP contribution in [0.4, 0.5) is 0 Å². The second-order valence-corrected chi connectivity index (χ2v) is 9.47. The third-order valence-electron chi connectivity index (χ3n) is 6.90. The van der Waals surface area contributed by atoms with Crippen LogP contribution in [0.25, 0.3) is 22.3 Å². The molecule has 2 heterocycles. The molecule has 0 saturated carbocycles. The van der Waals surface area contributed by atoms with Crippen LogP contribution in [0.3, 0.4) is 0 Å². The summed E-state index contributed by atoms with van der Waals surface area (Å²) in [6.07, 6.45) is 9.28. The van der Waals surface area contributed by atoms with Crippen LogP contribution in [0.15, 0.2) is 54.9 Å². The van der Waals surface area contributed by atoms with Crippen LogP contribution in [0.5, 0.6) is 0 Å². The molecule has 2 aliphatic rings. The van der Waals surface area contributed by atoms with Crippen LogP contribution in [0.1, 0.15) is 58.9 Å². The molecule has 1 fully saturated rings. The molecule has 2 aromatic carbocycles. The van der Waals surface area contributed by atoms with Crippen LogP contribution < -0.4 is 5.46 Å². The van der Waals surface area contributed by atoms with E-state index < -0.39 is 0 Å². The van der Waals surface area contributed by atoms with Crippen molar-refractivity contribution in [2.75, 3.05) is 0 Å². The van der Waals surface area contributed by atoms with Crippen LogP contribution in [-0.2, 0) is 9.31 Å². The van der Waals surface area contributed by atoms with E-state index in [2.05, 4.69) is 79.7 Å². The molecule has 3 aromatic rings. The summed E-state index contributed by atoms with van der Waals surface area (Å²) < 4.78 is 14.6. The Labute approximate surface area is 179 Å². The first-order chi connectivity index (χ1) is 14.3. The van der Waals surface area contributed by atoms with Crippen molar-refractivity contribution in [3.05, 3.63) is 60.4 Å². The molecular weight excluding hydrogens is 371 g/mol. The van der Waals surface area contributed by atoms with E-state index in [4.69, 9.17) is 9.31 Å². The standard InChI is InChI=1S/C25H29BN2O2/c1-24(2)25(3,4)30-26(29-24)20-12-15-22-23(16-20)28(17-27-22)21-13-10-19(11-14-21)18-8-6-5-7-9-18/h8,10-17H,5-7,9H2,1-4H3. The molecule has 5 rings (SSSR count). The van der Waals surface area contributed by atoms with E-state index in [0.29, 0.717) is 0 Å². The van der Waals surface area contributed by atoms with Gasteiger partial charge in [-0.05, 0) is 94.2 Å². The van der Waals surface area contributed by atoms with Gasteiger partial charge in [-0.15, -0.1) is 0 Å². The minimum Gasteiger partial charge on any atom is -0.399 e. The van der Waals surface area contributed by atoms with E-state index >= 15 is 0 Å². The second kappa shape index (κ2) is 7.10. The molecule has 1 aliphatic carbocycles. The average Bonchev–Trinajstić information content (AvgIpc) is 3.26. The van der Waals surface area contributed by atoms with Crippen LogP contribution >= 0.6 is 0 Å². The Bertz CT molecular complexity index is 1100. The summed E-state index contributed by atoms with van der Waals surface area (Å²) in [4.78, 5) is 4.60. The lowest BCUT2D eigenvalue weighted by Crippen LogP contribution is -2.41. The molecule has 0 atom stereocenters. The maximum atomic E-state index is 6.25. The number of benzene rings is 2. The van der Waals surface area contributed by atoms with Crippen LogP contribution in [0, 0.1) is 0 Å². The Kier molecular flexibility index (Phi) is 4.64. The molecule has 5 heteroatoms. The van der Waals surface area contributed by atoms with Crippen molar-refractivity contribution in [1.82, 2.24) is 9.55 Å². The van der Waals surface area contributed by atoms with Crippen molar-refractivity contribution < 1.29 is 9.31 Å². The highest BCUT2D eigenvalue weighted by atomic mass is 16.7. The van der Waals surface area contributed by atoms with Gasteiger partial charge in [0.05, 0.1) is 22.2 Å². The van der Waals surface area contributed by atoms with Crippen molar-refractivity contribution in [2.45, 2.75) is 64.6 Å². The first-order valence-corrected chi connectivity index (χ1v) is 11.0. The Balaban J connectivity index is 1.47. The van der Waals surface area contributed by atoms with E-state index in [9.17, 15) is 0 Å². The maximum Gasteiger partial charge on any atom is 0.494 e. The molecule has 4 nitrogen and oxygen atoms in total. The Morgan fingerprint density at radius 3 is 2.33 bits per heavy atom. The lowest BCUT2D eigenvalue weighted by Gasteiger charge is -2.32. The van der Waals surface area contributed by atoms with Gasteiger partial charge in [0, 0.05) is 5.69 Å². The summed E-state index contributed by atoms with van der Waals surface area (Å²) >= 11 is 0. The van der Waals surface area contributed by atoms with E-state index in [-0.39, 0.29) is 18.3 Å². The molecule has 0 bridgehead atoms. The second-order valence-electron chi connectivity index (χ2n) is 9.47. The molecule has 0 N–H and O–H groups in total. The smallest absolute Gasteiger partial charge is 0.399 e. The summed E-state index contributed by atoms with van der Waals surface area (Å²) in [6, 6.07) is 15.1. The summed E-state index contributed by atoms with van der Waals surface area (Å²) in [5.41, 5.74) is 6.27. The lowest BCUT2D eigenvalue weighted by molar-refractivity contribution is 0.00578. The fourth-order valence-electron chi connectivity index (χ4n) is 4.29. The lowest BCUT2D eigenvalue weighted by atomic mass is 9.79. The summed E-state index contributed by atoms with van der Waals surface area (Å²) in [5, 5.41) is 0. The third-order valence-corrected chi connectivity index (χ3v) is 6.90. The van der Waals surface area contributed by atoms with E-state index in [1.807, 2.05) is 12.4 Å². The quantitative estimate of drug-likeness (QED) is 0.561. The van der Waals surface area contributed by atoms with E-state index in [0.717, 1.165) is 22.2 Å². The molecule has 0 spiro atoms. The number of hydrogen-bond donors (Lipinski definition) is 0. The van der Waals surface area contributed by atoms with Gasteiger partial charge in [0.25, 0.3) is 0 Å². The van der Waals surface area contributed by atoms with Gasteiger partial charge in [-0.1, -0.05) is 24.3 Å². The fraction of sp³-hybridized carbons (Fsp3) is 0.400. The van der Waals surface area contributed by atoms with E-state index in [1.54, 1.807) is 0 Å². The van der Waals surface area contributed by atoms with Crippen molar-refractivity contribution in [1.29, 1.82) is 0 Å². The van der Waals surface area contributed by atoms with E-state index in [1.165, 1.54) is 36.8 Å².